The van der Waals surface area contributed by atoms with Gasteiger partial charge in [-0.1, -0.05) is 30.3 Å². The Kier molecular flexibility index (Phi) is 5.88. The summed E-state index contributed by atoms with van der Waals surface area (Å²) in [5, 5.41) is 3.09. The largest absolute Gasteiger partial charge is 0.416 e. The summed E-state index contributed by atoms with van der Waals surface area (Å²) in [6.07, 6.45) is -3.01. The number of imidazole rings is 1. The average Bonchev–Trinajstić information content (AvgIpc) is 3.18. The number of hydrogen-bond acceptors (Lipinski definition) is 5. The molecule has 0 saturated carbocycles. The number of carbonyl (C=O) groups excluding carboxylic acids is 1. The minimum Gasteiger partial charge on any atom is -0.364 e. The predicted molar refractivity (Wildman–Crippen MR) is 120 cm³/mol. The van der Waals surface area contributed by atoms with Crippen LogP contribution >= 0.6 is 0 Å². The van der Waals surface area contributed by atoms with Crippen molar-refractivity contribution in [2.45, 2.75) is 39.5 Å². The van der Waals surface area contributed by atoms with Gasteiger partial charge >= 0.3 is 6.18 Å². The van der Waals surface area contributed by atoms with Gasteiger partial charge in [0.15, 0.2) is 22.8 Å². The van der Waals surface area contributed by atoms with Crippen molar-refractivity contribution in [1.29, 1.82) is 0 Å². The molecule has 0 bridgehead atoms. The Morgan fingerprint density at radius 3 is 2.55 bits per heavy atom. The number of Topliss-reactive ketones (excluding diaryl/α,β-unsaturated/α-hetero) is 1. The van der Waals surface area contributed by atoms with E-state index in [0.717, 1.165) is 17.7 Å². The third-order valence-corrected chi connectivity index (χ3v) is 5.23. The van der Waals surface area contributed by atoms with Crippen molar-refractivity contribution >= 4 is 22.8 Å². The number of nitrogens with zero attached hydrogens (tertiary/aromatic N) is 4. The van der Waals surface area contributed by atoms with Crippen LogP contribution < -0.4 is 5.32 Å². The summed E-state index contributed by atoms with van der Waals surface area (Å²) < 4.78 is 41.0. The van der Waals surface area contributed by atoms with Gasteiger partial charge in [0.2, 0.25) is 0 Å². The standard InChI is InChI=1S/C24H22F3N5O/c1-14(2)32-22(18-8-5-7-17(11-18)15(3)33)31-20-21(29-13-30-23(20)32)28-12-16-6-4-9-19(10-16)24(25,26)27/h4-11,13-14H,12H2,1-3H3,(H,28,29,30). The van der Waals surface area contributed by atoms with Crippen LogP contribution in [0.3, 0.4) is 0 Å². The van der Waals surface area contributed by atoms with Crippen molar-refractivity contribution < 1.29 is 18.0 Å². The van der Waals surface area contributed by atoms with Crippen molar-refractivity contribution in [1.82, 2.24) is 19.5 Å². The molecule has 1 N–H and O–H groups in total. The first-order chi connectivity index (χ1) is 15.6. The number of alkyl halides is 3. The smallest absolute Gasteiger partial charge is 0.364 e. The second-order valence-corrected chi connectivity index (χ2v) is 7.98. The van der Waals surface area contributed by atoms with Gasteiger partial charge in [0.25, 0.3) is 0 Å². The normalized spacial score (nSPS) is 11.8. The summed E-state index contributed by atoms with van der Waals surface area (Å²) in [4.78, 5) is 25.3. The van der Waals surface area contributed by atoms with E-state index in [4.69, 9.17) is 4.98 Å². The van der Waals surface area contributed by atoms with Crippen LogP contribution in [-0.4, -0.2) is 25.3 Å². The lowest BCUT2D eigenvalue weighted by Gasteiger charge is -2.13. The molecule has 2 heterocycles. The van der Waals surface area contributed by atoms with E-state index in [0.29, 0.717) is 33.9 Å². The molecule has 0 saturated heterocycles. The maximum Gasteiger partial charge on any atom is 0.416 e. The van der Waals surface area contributed by atoms with Crippen LogP contribution in [0.25, 0.3) is 22.6 Å². The fraction of sp³-hybridized carbons (Fsp3) is 0.250. The van der Waals surface area contributed by atoms with Crippen LogP contribution in [0.4, 0.5) is 19.0 Å². The Balaban J connectivity index is 1.74. The molecule has 0 aliphatic carbocycles. The van der Waals surface area contributed by atoms with E-state index in [2.05, 4.69) is 15.3 Å². The molecule has 6 nitrogen and oxygen atoms in total. The van der Waals surface area contributed by atoms with Crippen LogP contribution in [-0.2, 0) is 12.7 Å². The number of halogens is 3. The molecule has 2 aromatic heterocycles. The maximum absolute atomic E-state index is 13.0. The van der Waals surface area contributed by atoms with Gasteiger partial charge in [-0.3, -0.25) is 4.79 Å². The van der Waals surface area contributed by atoms with E-state index in [1.807, 2.05) is 24.5 Å². The average molecular weight is 453 g/mol. The molecule has 0 unspecified atom stereocenters. The number of carbonyl (C=O) groups is 1. The highest BCUT2D eigenvalue weighted by molar-refractivity contribution is 5.95. The van der Waals surface area contributed by atoms with Crippen LogP contribution in [0.1, 0.15) is 48.3 Å². The first kappa shape index (κ1) is 22.4. The summed E-state index contributed by atoms with van der Waals surface area (Å²) in [6.45, 7) is 5.64. The van der Waals surface area contributed by atoms with E-state index in [1.165, 1.54) is 19.3 Å². The van der Waals surface area contributed by atoms with Crippen LogP contribution in [0, 0.1) is 0 Å². The monoisotopic (exact) mass is 453 g/mol. The highest BCUT2D eigenvalue weighted by Crippen LogP contribution is 2.32. The van der Waals surface area contributed by atoms with Crippen molar-refractivity contribution in [3.63, 3.8) is 0 Å². The quantitative estimate of drug-likeness (QED) is 0.368. The maximum atomic E-state index is 13.0. The summed E-state index contributed by atoms with van der Waals surface area (Å²) in [6, 6.07) is 12.4. The van der Waals surface area contributed by atoms with Gasteiger partial charge in [-0.15, -0.1) is 0 Å². The first-order valence-corrected chi connectivity index (χ1v) is 10.4. The Labute approximate surface area is 188 Å². The molecule has 0 aliphatic heterocycles. The molecule has 0 atom stereocenters. The van der Waals surface area contributed by atoms with Gasteiger partial charge in [-0.25, -0.2) is 15.0 Å². The number of hydrogen-bond donors (Lipinski definition) is 1. The zero-order valence-corrected chi connectivity index (χ0v) is 18.3. The van der Waals surface area contributed by atoms with Gasteiger partial charge in [-0.2, -0.15) is 13.2 Å². The predicted octanol–water partition coefficient (Wildman–Crippen LogP) is 5.91. The lowest BCUT2D eigenvalue weighted by atomic mass is 10.1. The molecule has 2 aromatic carbocycles. The molecule has 4 rings (SSSR count). The summed E-state index contributed by atoms with van der Waals surface area (Å²) in [5.41, 5.74) is 2.19. The Hall–Kier alpha value is -3.75. The molecule has 9 heteroatoms. The van der Waals surface area contributed by atoms with Crippen molar-refractivity contribution in [3.8, 4) is 11.4 Å². The van der Waals surface area contributed by atoms with Crippen LogP contribution in [0.15, 0.2) is 54.9 Å². The molecule has 4 aromatic rings. The minimum absolute atomic E-state index is 0.0113. The van der Waals surface area contributed by atoms with E-state index < -0.39 is 11.7 Å². The lowest BCUT2D eigenvalue weighted by Crippen LogP contribution is -2.08. The third-order valence-electron chi connectivity index (χ3n) is 5.23. The van der Waals surface area contributed by atoms with E-state index in [1.54, 1.807) is 24.3 Å². The second kappa shape index (κ2) is 8.65. The van der Waals surface area contributed by atoms with Crippen molar-refractivity contribution in [2.24, 2.45) is 0 Å². The van der Waals surface area contributed by atoms with E-state index >= 15 is 0 Å². The number of aromatic nitrogens is 4. The molecular formula is C24H22F3N5O. The second-order valence-electron chi connectivity index (χ2n) is 7.98. The SMILES string of the molecule is CC(=O)c1cccc(-c2nc3c(NCc4cccc(C(F)(F)F)c4)ncnc3n2C(C)C)c1. The van der Waals surface area contributed by atoms with Crippen LogP contribution in [0.2, 0.25) is 0 Å². The number of fused-ring (bicyclic) bond motifs is 1. The zero-order valence-electron chi connectivity index (χ0n) is 18.3. The van der Waals surface area contributed by atoms with Gasteiger partial charge in [0.05, 0.1) is 5.56 Å². The summed E-state index contributed by atoms with van der Waals surface area (Å²) >= 11 is 0. The van der Waals surface area contributed by atoms with Crippen LogP contribution in [0.5, 0.6) is 0 Å². The minimum atomic E-state index is -4.41. The molecule has 0 radical (unpaired) electrons. The van der Waals surface area contributed by atoms with Gasteiger partial charge in [0.1, 0.15) is 12.2 Å². The highest BCUT2D eigenvalue weighted by atomic mass is 19.4. The number of benzene rings is 2. The van der Waals surface area contributed by atoms with Gasteiger partial charge in [-0.05, 0) is 44.5 Å². The van der Waals surface area contributed by atoms with Crippen molar-refractivity contribution in [3.05, 3.63) is 71.5 Å². The van der Waals surface area contributed by atoms with E-state index in [-0.39, 0.29) is 18.4 Å². The molecule has 0 aliphatic rings. The fourth-order valence-electron chi connectivity index (χ4n) is 3.65. The number of anilines is 1. The summed E-state index contributed by atoms with van der Waals surface area (Å²) in [5.74, 6) is 0.999. The number of nitrogens with one attached hydrogen (secondary N) is 1. The molecule has 170 valence electrons. The molecular weight excluding hydrogens is 431 g/mol. The van der Waals surface area contributed by atoms with Crippen molar-refractivity contribution in [2.75, 3.05) is 5.32 Å². The van der Waals surface area contributed by atoms with E-state index in [9.17, 15) is 18.0 Å². The Morgan fingerprint density at radius 2 is 1.85 bits per heavy atom. The Bertz CT molecular complexity index is 1330. The first-order valence-electron chi connectivity index (χ1n) is 10.4. The highest BCUT2D eigenvalue weighted by Gasteiger charge is 2.30. The summed E-state index contributed by atoms with van der Waals surface area (Å²) in [7, 11) is 0. The molecule has 0 spiro atoms. The number of ketones is 1. The molecule has 33 heavy (non-hydrogen) atoms. The zero-order chi connectivity index (χ0) is 23.8. The van der Waals surface area contributed by atoms with Gasteiger partial charge in [0, 0.05) is 23.7 Å². The number of rotatable bonds is 6. The third kappa shape index (κ3) is 4.57. The lowest BCUT2D eigenvalue weighted by molar-refractivity contribution is -0.137. The van der Waals surface area contributed by atoms with Gasteiger partial charge < -0.3 is 9.88 Å². The fourth-order valence-corrected chi connectivity index (χ4v) is 3.65. The molecule has 0 fully saturated rings. The molecule has 0 amide bonds. The topological polar surface area (TPSA) is 72.7 Å². The Morgan fingerprint density at radius 1 is 1.09 bits per heavy atom.